The predicted molar refractivity (Wildman–Crippen MR) is 105 cm³/mol. The van der Waals surface area contributed by atoms with Gasteiger partial charge in [0.25, 0.3) is 5.91 Å². The molecule has 0 aliphatic carbocycles. The first-order valence-corrected chi connectivity index (χ1v) is 9.40. The third kappa shape index (κ3) is 4.52. The zero-order chi connectivity index (χ0) is 18.5. The molecule has 5 nitrogen and oxygen atoms in total. The van der Waals surface area contributed by atoms with Gasteiger partial charge >= 0.3 is 0 Å². The van der Waals surface area contributed by atoms with E-state index in [1.165, 1.54) is 11.3 Å². The van der Waals surface area contributed by atoms with Crippen molar-refractivity contribution in [3.63, 3.8) is 0 Å². The van der Waals surface area contributed by atoms with Gasteiger partial charge in [-0.2, -0.15) is 0 Å². The van der Waals surface area contributed by atoms with E-state index in [1.54, 1.807) is 0 Å². The second-order valence-corrected chi connectivity index (χ2v) is 7.13. The highest BCUT2D eigenvalue weighted by molar-refractivity contribution is 7.22. The third-order valence-corrected chi connectivity index (χ3v) is 4.72. The van der Waals surface area contributed by atoms with Crippen molar-refractivity contribution in [3.05, 3.63) is 47.5 Å². The molecule has 1 N–H and O–H groups in total. The Labute approximate surface area is 157 Å². The topological polar surface area (TPSA) is 60.5 Å². The number of thiazole rings is 1. The fourth-order valence-corrected chi connectivity index (χ4v) is 3.34. The number of aryl methyl sites for hydroxylation is 2. The molecule has 0 atom stereocenters. The molecule has 26 heavy (non-hydrogen) atoms. The minimum absolute atomic E-state index is 0.0505. The van der Waals surface area contributed by atoms with Crippen LogP contribution < -0.4 is 14.8 Å². The molecule has 3 aromatic rings. The first kappa shape index (κ1) is 18.2. The van der Waals surface area contributed by atoms with Gasteiger partial charge in [0.15, 0.2) is 11.7 Å². The van der Waals surface area contributed by atoms with Crippen molar-refractivity contribution in [3.8, 4) is 11.5 Å². The number of hydrogen-bond donors (Lipinski definition) is 1. The predicted octanol–water partition coefficient (Wildman–Crippen LogP) is 4.72. The molecule has 1 heterocycles. The molecule has 0 aliphatic heterocycles. The first-order valence-electron chi connectivity index (χ1n) is 8.58. The van der Waals surface area contributed by atoms with Crippen LogP contribution in [0, 0.1) is 13.8 Å². The Hall–Kier alpha value is -2.60. The molecule has 0 saturated heterocycles. The number of nitrogens with one attached hydrogen (secondary N) is 1. The summed E-state index contributed by atoms with van der Waals surface area (Å²) in [7, 11) is 0. The van der Waals surface area contributed by atoms with Crippen molar-refractivity contribution in [2.24, 2.45) is 0 Å². The summed E-state index contributed by atoms with van der Waals surface area (Å²) in [5, 5.41) is 3.36. The molecule has 136 valence electrons. The fourth-order valence-electron chi connectivity index (χ4n) is 2.43. The number of carbonyl (C=O) groups is 1. The molecule has 0 bridgehead atoms. The molecule has 0 saturated carbocycles. The van der Waals surface area contributed by atoms with Gasteiger partial charge in [-0.25, -0.2) is 4.98 Å². The van der Waals surface area contributed by atoms with E-state index in [2.05, 4.69) is 17.2 Å². The van der Waals surface area contributed by atoms with Gasteiger partial charge in [-0.05, 0) is 55.7 Å². The van der Waals surface area contributed by atoms with Crippen LogP contribution in [0.4, 0.5) is 5.13 Å². The quantitative estimate of drug-likeness (QED) is 0.654. The van der Waals surface area contributed by atoms with Crippen LogP contribution in [0.15, 0.2) is 36.4 Å². The molecule has 3 rings (SSSR count). The van der Waals surface area contributed by atoms with E-state index in [9.17, 15) is 4.79 Å². The maximum Gasteiger partial charge on any atom is 0.264 e. The van der Waals surface area contributed by atoms with Gasteiger partial charge in [0, 0.05) is 0 Å². The Morgan fingerprint density at radius 2 is 2.00 bits per heavy atom. The zero-order valence-electron chi connectivity index (χ0n) is 15.2. The molecule has 0 spiro atoms. The number of ether oxygens (including phenoxy) is 2. The summed E-state index contributed by atoms with van der Waals surface area (Å²) in [4.78, 5) is 16.6. The van der Waals surface area contributed by atoms with Crippen LogP contribution >= 0.6 is 11.3 Å². The van der Waals surface area contributed by atoms with E-state index < -0.39 is 0 Å². The lowest BCUT2D eigenvalue weighted by Gasteiger charge is -2.09. The van der Waals surface area contributed by atoms with E-state index in [1.807, 2.05) is 50.2 Å². The lowest BCUT2D eigenvalue weighted by atomic mass is 10.1. The Kier molecular flexibility index (Phi) is 5.73. The normalized spacial score (nSPS) is 10.7. The second-order valence-electron chi connectivity index (χ2n) is 6.10. The summed E-state index contributed by atoms with van der Waals surface area (Å²) in [5.74, 6) is 1.31. The molecule has 1 amide bonds. The van der Waals surface area contributed by atoms with Crippen LogP contribution in [-0.2, 0) is 4.79 Å². The summed E-state index contributed by atoms with van der Waals surface area (Å²) in [6.07, 6.45) is 0.961. The zero-order valence-corrected chi connectivity index (χ0v) is 16.0. The molecule has 0 aliphatic rings. The number of rotatable bonds is 7. The number of hydrogen-bond acceptors (Lipinski definition) is 5. The number of amides is 1. The minimum atomic E-state index is -0.229. The van der Waals surface area contributed by atoms with Crippen LogP contribution in [0.1, 0.15) is 24.5 Å². The summed E-state index contributed by atoms with van der Waals surface area (Å²) in [6, 6.07) is 11.7. The fraction of sp³-hybridized carbons (Fsp3) is 0.300. The van der Waals surface area contributed by atoms with Crippen molar-refractivity contribution in [1.82, 2.24) is 4.98 Å². The lowest BCUT2D eigenvalue weighted by Crippen LogP contribution is -2.20. The number of aromatic nitrogens is 1. The van der Waals surface area contributed by atoms with Crippen molar-refractivity contribution in [2.75, 3.05) is 18.5 Å². The highest BCUT2D eigenvalue weighted by Gasteiger charge is 2.10. The first-order chi connectivity index (χ1) is 12.5. The van der Waals surface area contributed by atoms with Gasteiger partial charge in [-0.1, -0.05) is 30.4 Å². The minimum Gasteiger partial charge on any atom is -0.494 e. The van der Waals surface area contributed by atoms with Crippen molar-refractivity contribution >= 4 is 32.6 Å². The second kappa shape index (κ2) is 8.19. The molecule has 1 aromatic heterocycles. The van der Waals surface area contributed by atoms with Gasteiger partial charge < -0.3 is 9.47 Å². The van der Waals surface area contributed by atoms with E-state index in [-0.39, 0.29) is 12.5 Å². The summed E-state index contributed by atoms with van der Waals surface area (Å²) in [5.41, 5.74) is 2.94. The summed E-state index contributed by atoms with van der Waals surface area (Å²) in [6.45, 7) is 6.65. The van der Waals surface area contributed by atoms with Crippen molar-refractivity contribution in [2.45, 2.75) is 27.2 Å². The average Bonchev–Trinajstić information content (AvgIpc) is 3.02. The standard InChI is InChI=1S/C20H22N2O3S/c1-4-9-24-15-7-8-16-18(11-15)26-20(21-16)22-19(23)12-25-17-10-13(2)5-6-14(17)3/h5-8,10-11H,4,9,12H2,1-3H3,(H,21,22,23). The Balaban J connectivity index is 1.62. The smallest absolute Gasteiger partial charge is 0.264 e. The van der Waals surface area contributed by atoms with Crippen molar-refractivity contribution < 1.29 is 14.3 Å². The van der Waals surface area contributed by atoms with Crippen LogP contribution in [0.3, 0.4) is 0 Å². The number of fused-ring (bicyclic) bond motifs is 1. The monoisotopic (exact) mass is 370 g/mol. The van der Waals surface area contributed by atoms with E-state index in [0.29, 0.717) is 11.7 Å². The number of benzene rings is 2. The van der Waals surface area contributed by atoms with Gasteiger partial charge in [-0.15, -0.1) is 0 Å². The molecule has 2 aromatic carbocycles. The Morgan fingerprint density at radius 1 is 1.15 bits per heavy atom. The summed E-state index contributed by atoms with van der Waals surface area (Å²) < 4.78 is 12.2. The van der Waals surface area contributed by atoms with Gasteiger partial charge in [0.05, 0.1) is 16.8 Å². The highest BCUT2D eigenvalue weighted by Crippen LogP contribution is 2.29. The van der Waals surface area contributed by atoms with Gasteiger partial charge in [0.2, 0.25) is 0 Å². The van der Waals surface area contributed by atoms with Crippen LogP contribution in [0.2, 0.25) is 0 Å². The lowest BCUT2D eigenvalue weighted by molar-refractivity contribution is -0.118. The van der Waals surface area contributed by atoms with E-state index >= 15 is 0 Å². The van der Waals surface area contributed by atoms with Crippen LogP contribution in [0.25, 0.3) is 10.2 Å². The van der Waals surface area contributed by atoms with E-state index in [4.69, 9.17) is 9.47 Å². The summed E-state index contributed by atoms with van der Waals surface area (Å²) >= 11 is 1.42. The number of carbonyl (C=O) groups excluding carboxylic acids is 1. The maximum absolute atomic E-state index is 12.2. The van der Waals surface area contributed by atoms with E-state index in [0.717, 1.165) is 39.3 Å². The van der Waals surface area contributed by atoms with Crippen molar-refractivity contribution in [1.29, 1.82) is 0 Å². The number of nitrogens with zero attached hydrogens (tertiary/aromatic N) is 1. The molecular formula is C20H22N2O3S. The van der Waals surface area contributed by atoms with Crippen LogP contribution in [0.5, 0.6) is 11.5 Å². The molecule has 0 fully saturated rings. The van der Waals surface area contributed by atoms with Gasteiger partial charge in [-0.3, -0.25) is 10.1 Å². The SMILES string of the molecule is CCCOc1ccc2nc(NC(=O)COc3cc(C)ccc3C)sc2c1. The molecule has 6 heteroatoms. The third-order valence-electron chi connectivity index (χ3n) is 3.78. The largest absolute Gasteiger partial charge is 0.494 e. The highest BCUT2D eigenvalue weighted by atomic mass is 32.1. The number of anilines is 1. The molecule has 0 radical (unpaired) electrons. The van der Waals surface area contributed by atoms with Crippen LogP contribution in [-0.4, -0.2) is 24.1 Å². The molecular weight excluding hydrogens is 348 g/mol. The Morgan fingerprint density at radius 3 is 2.81 bits per heavy atom. The maximum atomic E-state index is 12.2. The van der Waals surface area contributed by atoms with Gasteiger partial charge in [0.1, 0.15) is 11.5 Å². The molecule has 0 unspecified atom stereocenters. The average molecular weight is 370 g/mol. The Bertz CT molecular complexity index is 921.